The summed E-state index contributed by atoms with van der Waals surface area (Å²) in [5.41, 5.74) is 7.81. The zero-order valence-corrected chi connectivity index (χ0v) is 16.0. The molecule has 0 aliphatic carbocycles. The summed E-state index contributed by atoms with van der Waals surface area (Å²) in [6.45, 7) is 5.90. The third-order valence-electron chi connectivity index (χ3n) is 3.80. The molecular formula is C19H25N3O3S. The molecule has 0 bridgehead atoms. The second-order valence-corrected chi connectivity index (χ2v) is 8.40. The Morgan fingerprint density at radius 3 is 2.08 bits per heavy atom. The van der Waals surface area contributed by atoms with Crippen molar-refractivity contribution in [2.45, 2.75) is 38.1 Å². The van der Waals surface area contributed by atoms with Crippen LogP contribution in [0.25, 0.3) is 0 Å². The molecule has 0 heterocycles. The van der Waals surface area contributed by atoms with E-state index in [0.717, 1.165) is 5.56 Å². The highest BCUT2D eigenvalue weighted by molar-refractivity contribution is 7.92. The largest absolute Gasteiger partial charge is 0.325 e. The highest BCUT2D eigenvalue weighted by atomic mass is 32.2. The fourth-order valence-corrected chi connectivity index (χ4v) is 3.46. The lowest BCUT2D eigenvalue weighted by Crippen LogP contribution is -2.36. The van der Waals surface area contributed by atoms with Gasteiger partial charge in [0.2, 0.25) is 5.91 Å². The van der Waals surface area contributed by atoms with Crippen LogP contribution < -0.4 is 15.8 Å². The van der Waals surface area contributed by atoms with E-state index in [1.165, 1.54) is 0 Å². The third kappa shape index (κ3) is 5.57. The van der Waals surface area contributed by atoms with Crippen molar-refractivity contribution in [3.8, 4) is 0 Å². The molecule has 26 heavy (non-hydrogen) atoms. The average Bonchev–Trinajstić information content (AvgIpc) is 2.56. The van der Waals surface area contributed by atoms with Crippen LogP contribution in [-0.2, 0) is 14.8 Å². The van der Waals surface area contributed by atoms with Gasteiger partial charge in [0.25, 0.3) is 10.0 Å². The molecule has 0 aliphatic rings. The predicted octanol–water partition coefficient (Wildman–Crippen LogP) is 3.11. The Morgan fingerprint density at radius 1 is 1.00 bits per heavy atom. The maximum Gasteiger partial charge on any atom is 0.261 e. The fraction of sp³-hybridized carbons (Fsp3) is 0.316. The molecule has 2 aromatic carbocycles. The van der Waals surface area contributed by atoms with Gasteiger partial charge >= 0.3 is 0 Å². The second kappa shape index (κ2) is 8.33. The number of carbonyl (C=O) groups excluding carboxylic acids is 1. The van der Waals surface area contributed by atoms with Gasteiger partial charge in [-0.3, -0.25) is 9.52 Å². The van der Waals surface area contributed by atoms with Crippen LogP contribution in [0, 0.1) is 12.8 Å². The van der Waals surface area contributed by atoms with Crippen molar-refractivity contribution in [3.05, 3.63) is 54.1 Å². The van der Waals surface area contributed by atoms with E-state index >= 15 is 0 Å². The molecule has 0 aromatic heterocycles. The van der Waals surface area contributed by atoms with Crippen LogP contribution in [0.2, 0.25) is 0 Å². The van der Waals surface area contributed by atoms with E-state index in [1.807, 2.05) is 20.8 Å². The molecule has 0 aliphatic heterocycles. The Bertz CT molecular complexity index is 845. The van der Waals surface area contributed by atoms with Crippen molar-refractivity contribution < 1.29 is 13.2 Å². The molecule has 0 unspecified atom stereocenters. The summed E-state index contributed by atoms with van der Waals surface area (Å²) in [6.07, 6.45) is 0.597. The Morgan fingerprint density at radius 2 is 1.54 bits per heavy atom. The molecule has 1 atom stereocenters. The van der Waals surface area contributed by atoms with Crippen LogP contribution in [0.5, 0.6) is 0 Å². The minimum atomic E-state index is -3.65. The molecule has 2 aromatic rings. The van der Waals surface area contributed by atoms with Crippen molar-refractivity contribution in [2.24, 2.45) is 11.7 Å². The SMILES string of the molecule is Cc1ccc(S(=O)(=O)Nc2ccc(NC(=O)[C@@H](N)CC(C)C)cc2)cc1. The molecule has 6 nitrogen and oxygen atoms in total. The first-order chi connectivity index (χ1) is 12.2. The number of amides is 1. The Balaban J connectivity index is 2.03. The van der Waals surface area contributed by atoms with Crippen molar-refractivity contribution >= 4 is 27.3 Å². The summed E-state index contributed by atoms with van der Waals surface area (Å²) in [5.74, 6) is 0.0704. The summed E-state index contributed by atoms with van der Waals surface area (Å²) in [5, 5.41) is 2.73. The minimum Gasteiger partial charge on any atom is -0.325 e. The molecule has 7 heteroatoms. The minimum absolute atomic E-state index is 0.195. The summed E-state index contributed by atoms with van der Waals surface area (Å²) in [7, 11) is -3.65. The molecule has 0 saturated heterocycles. The Labute approximate surface area is 154 Å². The monoisotopic (exact) mass is 375 g/mol. The van der Waals surface area contributed by atoms with Crippen LogP contribution in [0.3, 0.4) is 0 Å². The normalized spacial score (nSPS) is 12.7. The smallest absolute Gasteiger partial charge is 0.261 e. The lowest BCUT2D eigenvalue weighted by molar-refractivity contribution is -0.117. The van der Waals surface area contributed by atoms with Crippen molar-refractivity contribution in [1.29, 1.82) is 0 Å². The van der Waals surface area contributed by atoms with E-state index < -0.39 is 16.1 Å². The summed E-state index contributed by atoms with van der Waals surface area (Å²) >= 11 is 0. The van der Waals surface area contributed by atoms with Crippen LogP contribution in [-0.4, -0.2) is 20.4 Å². The van der Waals surface area contributed by atoms with Gasteiger partial charge in [0.05, 0.1) is 10.9 Å². The van der Waals surface area contributed by atoms with Gasteiger partial charge in [0.15, 0.2) is 0 Å². The summed E-state index contributed by atoms with van der Waals surface area (Å²) in [4.78, 5) is 12.2. The van der Waals surface area contributed by atoms with Crippen molar-refractivity contribution in [1.82, 2.24) is 0 Å². The van der Waals surface area contributed by atoms with Crippen LogP contribution in [0.15, 0.2) is 53.4 Å². The van der Waals surface area contributed by atoms with Crippen molar-refractivity contribution in [2.75, 3.05) is 10.0 Å². The highest BCUT2D eigenvalue weighted by Crippen LogP contribution is 2.19. The van der Waals surface area contributed by atoms with Crippen molar-refractivity contribution in [3.63, 3.8) is 0 Å². The van der Waals surface area contributed by atoms with Gasteiger partial charge in [-0.05, 0) is 55.7 Å². The summed E-state index contributed by atoms with van der Waals surface area (Å²) in [6, 6.07) is 12.5. The molecule has 0 radical (unpaired) electrons. The van der Waals surface area contributed by atoms with E-state index in [1.54, 1.807) is 48.5 Å². The zero-order chi connectivity index (χ0) is 19.3. The van der Waals surface area contributed by atoms with Gasteiger partial charge in [0, 0.05) is 11.4 Å². The second-order valence-electron chi connectivity index (χ2n) is 6.72. The fourth-order valence-electron chi connectivity index (χ4n) is 2.40. The molecule has 2 rings (SSSR count). The predicted molar refractivity (Wildman–Crippen MR) is 104 cm³/mol. The molecule has 140 valence electrons. The first kappa shape index (κ1) is 19.9. The van der Waals surface area contributed by atoms with Gasteiger partial charge in [-0.1, -0.05) is 31.5 Å². The molecule has 0 fully saturated rings. The van der Waals surface area contributed by atoms with Gasteiger partial charge in [-0.15, -0.1) is 0 Å². The summed E-state index contributed by atoms with van der Waals surface area (Å²) < 4.78 is 27.3. The maximum absolute atomic E-state index is 12.4. The lowest BCUT2D eigenvalue weighted by atomic mass is 10.0. The zero-order valence-electron chi connectivity index (χ0n) is 15.2. The van der Waals surface area contributed by atoms with Crippen LogP contribution in [0.4, 0.5) is 11.4 Å². The lowest BCUT2D eigenvalue weighted by Gasteiger charge is -2.14. The maximum atomic E-state index is 12.4. The van der Waals surface area contributed by atoms with Crippen LogP contribution >= 0.6 is 0 Å². The van der Waals surface area contributed by atoms with E-state index in [-0.39, 0.29) is 10.8 Å². The number of nitrogens with one attached hydrogen (secondary N) is 2. The molecular weight excluding hydrogens is 350 g/mol. The quantitative estimate of drug-likeness (QED) is 0.692. The van der Waals surface area contributed by atoms with E-state index in [4.69, 9.17) is 5.73 Å². The van der Waals surface area contributed by atoms with Gasteiger partial charge in [-0.2, -0.15) is 0 Å². The molecule has 4 N–H and O–H groups in total. The average molecular weight is 375 g/mol. The number of nitrogens with two attached hydrogens (primary N) is 1. The Kier molecular flexibility index (Phi) is 6.39. The van der Waals surface area contributed by atoms with Gasteiger partial charge < -0.3 is 11.1 Å². The number of benzene rings is 2. The standard InChI is InChI=1S/C19H25N3O3S/c1-13(2)12-18(20)19(23)21-15-6-8-16(9-7-15)22-26(24,25)17-10-4-14(3)5-11-17/h4-11,13,18,22H,12,20H2,1-3H3,(H,21,23)/t18-/m0/s1. The molecule has 0 spiro atoms. The number of hydrogen-bond donors (Lipinski definition) is 3. The number of anilines is 2. The first-order valence-corrected chi connectivity index (χ1v) is 9.91. The molecule has 1 amide bonds. The van der Waals surface area contributed by atoms with Crippen LogP contribution in [0.1, 0.15) is 25.8 Å². The number of sulfonamides is 1. The van der Waals surface area contributed by atoms with E-state index in [2.05, 4.69) is 10.0 Å². The van der Waals surface area contributed by atoms with E-state index in [9.17, 15) is 13.2 Å². The number of carbonyl (C=O) groups is 1. The number of aryl methyl sites for hydroxylation is 1. The first-order valence-electron chi connectivity index (χ1n) is 8.43. The number of rotatable bonds is 7. The van der Waals surface area contributed by atoms with Gasteiger partial charge in [0.1, 0.15) is 0 Å². The van der Waals surface area contributed by atoms with E-state index in [0.29, 0.717) is 23.7 Å². The molecule has 0 saturated carbocycles. The highest BCUT2D eigenvalue weighted by Gasteiger charge is 2.16. The van der Waals surface area contributed by atoms with Gasteiger partial charge in [-0.25, -0.2) is 8.42 Å². The third-order valence-corrected chi connectivity index (χ3v) is 5.20. The number of hydrogen-bond acceptors (Lipinski definition) is 4. The Hall–Kier alpha value is -2.38. The topological polar surface area (TPSA) is 101 Å².